The van der Waals surface area contributed by atoms with Gasteiger partial charge in [-0.15, -0.1) is 0 Å². The molecule has 1 amide bonds. The van der Waals surface area contributed by atoms with Gasteiger partial charge in [-0.1, -0.05) is 0 Å². The van der Waals surface area contributed by atoms with Gasteiger partial charge in [0.2, 0.25) is 0 Å². The van der Waals surface area contributed by atoms with Gasteiger partial charge in [0.1, 0.15) is 5.60 Å². The molecule has 1 saturated heterocycles. The van der Waals surface area contributed by atoms with Crippen molar-refractivity contribution >= 4 is 6.09 Å². The van der Waals surface area contributed by atoms with Gasteiger partial charge in [-0.3, -0.25) is 0 Å². The smallest absolute Gasteiger partial charge is 0.410 e. The summed E-state index contributed by atoms with van der Waals surface area (Å²) in [6.07, 6.45) is 2.42. The molecule has 1 spiro atoms. The Kier molecular flexibility index (Phi) is 1.85. The van der Waals surface area contributed by atoms with Crippen LogP contribution in [0.5, 0.6) is 0 Å². The van der Waals surface area contributed by atoms with Crippen molar-refractivity contribution < 1.29 is 9.53 Å². The summed E-state index contributed by atoms with van der Waals surface area (Å²) >= 11 is 0. The number of amides is 1. The van der Waals surface area contributed by atoms with Crippen molar-refractivity contribution in [1.29, 1.82) is 0 Å². The lowest BCUT2D eigenvalue weighted by Crippen LogP contribution is -2.59. The summed E-state index contributed by atoms with van der Waals surface area (Å²) in [6.45, 7) is 8.75. The Morgan fingerprint density at radius 3 is 2.36 bits per heavy atom. The van der Waals surface area contributed by atoms with Crippen LogP contribution in [0.15, 0.2) is 0 Å². The molecule has 2 rings (SSSR count). The molecule has 2 fully saturated rings. The number of carbonyl (C=O) groups is 1. The maximum atomic E-state index is 11.7. The van der Waals surface area contributed by atoms with Crippen LogP contribution >= 0.6 is 0 Å². The summed E-state index contributed by atoms with van der Waals surface area (Å²) in [7, 11) is 0. The maximum Gasteiger partial charge on any atom is 0.410 e. The van der Waals surface area contributed by atoms with Crippen LogP contribution in [0.25, 0.3) is 0 Å². The molecule has 3 heteroatoms. The van der Waals surface area contributed by atoms with Gasteiger partial charge in [-0.05, 0) is 40.5 Å². The Morgan fingerprint density at radius 1 is 1.43 bits per heavy atom. The second-order valence-electron chi connectivity index (χ2n) is 5.65. The molecule has 1 unspecified atom stereocenters. The molecule has 80 valence electrons. The number of nitrogens with zero attached hydrogens (tertiary/aromatic N) is 1. The summed E-state index contributed by atoms with van der Waals surface area (Å²) in [6, 6.07) is 0.386. The number of carbonyl (C=O) groups excluding carboxylic acids is 1. The highest BCUT2D eigenvalue weighted by Crippen LogP contribution is 2.57. The van der Waals surface area contributed by atoms with Gasteiger partial charge in [0.15, 0.2) is 0 Å². The van der Waals surface area contributed by atoms with Crippen LogP contribution in [-0.4, -0.2) is 29.2 Å². The third kappa shape index (κ3) is 1.49. The quantitative estimate of drug-likeness (QED) is 0.597. The van der Waals surface area contributed by atoms with E-state index in [0.717, 1.165) is 6.54 Å². The van der Waals surface area contributed by atoms with Crippen LogP contribution in [0.1, 0.15) is 40.5 Å². The van der Waals surface area contributed by atoms with Gasteiger partial charge >= 0.3 is 6.09 Å². The fourth-order valence-electron chi connectivity index (χ4n) is 2.11. The van der Waals surface area contributed by atoms with E-state index in [1.54, 1.807) is 0 Å². The first-order chi connectivity index (χ1) is 6.34. The molecule has 2 aliphatic rings. The van der Waals surface area contributed by atoms with Crippen molar-refractivity contribution in [2.45, 2.75) is 52.2 Å². The van der Waals surface area contributed by atoms with Crippen molar-refractivity contribution in [3.05, 3.63) is 0 Å². The number of rotatable bonds is 0. The Morgan fingerprint density at radius 2 is 2.00 bits per heavy atom. The van der Waals surface area contributed by atoms with E-state index >= 15 is 0 Å². The minimum Gasteiger partial charge on any atom is -0.444 e. The predicted octanol–water partition coefficient (Wildman–Crippen LogP) is 2.41. The molecule has 1 heterocycles. The lowest BCUT2D eigenvalue weighted by atomic mass is 9.87. The fourth-order valence-corrected chi connectivity index (χ4v) is 2.11. The predicted molar refractivity (Wildman–Crippen MR) is 54.1 cm³/mol. The van der Waals surface area contributed by atoms with Gasteiger partial charge in [-0.25, -0.2) is 4.79 Å². The average molecular weight is 197 g/mol. The molecule has 0 aromatic rings. The van der Waals surface area contributed by atoms with Gasteiger partial charge in [0.25, 0.3) is 0 Å². The molecule has 0 aromatic carbocycles. The van der Waals surface area contributed by atoms with E-state index < -0.39 is 0 Å². The first-order valence-corrected chi connectivity index (χ1v) is 5.34. The van der Waals surface area contributed by atoms with E-state index in [0.29, 0.717) is 11.5 Å². The number of hydrogen-bond donors (Lipinski definition) is 0. The number of likely N-dealkylation sites (tertiary alicyclic amines) is 1. The molecule has 1 aliphatic heterocycles. The Bertz CT molecular complexity index is 263. The van der Waals surface area contributed by atoms with Crippen LogP contribution in [-0.2, 0) is 4.74 Å². The van der Waals surface area contributed by atoms with E-state index in [1.165, 1.54) is 12.8 Å². The van der Waals surface area contributed by atoms with Crippen LogP contribution < -0.4 is 0 Å². The summed E-state index contributed by atoms with van der Waals surface area (Å²) in [5, 5.41) is 0. The third-order valence-corrected chi connectivity index (χ3v) is 3.36. The molecule has 14 heavy (non-hydrogen) atoms. The van der Waals surface area contributed by atoms with Crippen molar-refractivity contribution in [2.24, 2.45) is 5.41 Å². The number of hydrogen-bond acceptors (Lipinski definition) is 2. The molecular weight excluding hydrogens is 178 g/mol. The van der Waals surface area contributed by atoms with Crippen LogP contribution in [0.2, 0.25) is 0 Å². The zero-order valence-electron chi connectivity index (χ0n) is 9.46. The molecule has 1 atom stereocenters. The number of ether oxygens (including phenoxy) is 1. The Hall–Kier alpha value is -0.730. The minimum absolute atomic E-state index is 0.150. The summed E-state index contributed by atoms with van der Waals surface area (Å²) in [5.74, 6) is 0. The van der Waals surface area contributed by atoms with Gasteiger partial charge in [-0.2, -0.15) is 0 Å². The highest BCUT2D eigenvalue weighted by Gasteiger charge is 2.60. The van der Waals surface area contributed by atoms with Gasteiger partial charge in [0, 0.05) is 18.0 Å². The summed E-state index contributed by atoms with van der Waals surface area (Å²) < 4.78 is 5.32. The molecular formula is C11H19NO2. The summed E-state index contributed by atoms with van der Waals surface area (Å²) in [5.41, 5.74) is 0.111. The largest absolute Gasteiger partial charge is 0.444 e. The van der Waals surface area contributed by atoms with E-state index in [9.17, 15) is 4.79 Å². The summed E-state index contributed by atoms with van der Waals surface area (Å²) in [4.78, 5) is 13.5. The van der Waals surface area contributed by atoms with Crippen molar-refractivity contribution in [1.82, 2.24) is 4.90 Å². The van der Waals surface area contributed by atoms with Crippen LogP contribution in [0.4, 0.5) is 4.79 Å². The van der Waals surface area contributed by atoms with E-state index in [-0.39, 0.29) is 11.7 Å². The molecule has 0 N–H and O–H groups in total. The van der Waals surface area contributed by atoms with Gasteiger partial charge in [0.05, 0.1) is 0 Å². The van der Waals surface area contributed by atoms with Crippen molar-refractivity contribution in [3.63, 3.8) is 0 Å². The topological polar surface area (TPSA) is 29.5 Å². The Balaban J connectivity index is 1.89. The first-order valence-electron chi connectivity index (χ1n) is 5.34. The van der Waals surface area contributed by atoms with Crippen molar-refractivity contribution in [3.8, 4) is 0 Å². The average Bonchev–Trinajstić information content (AvgIpc) is 2.77. The molecule has 1 aliphatic carbocycles. The maximum absolute atomic E-state index is 11.7. The molecule has 0 bridgehead atoms. The molecule has 1 saturated carbocycles. The van der Waals surface area contributed by atoms with E-state index in [4.69, 9.17) is 4.74 Å². The molecule has 0 radical (unpaired) electrons. The van der Waals surface area contributed by atoms with E-state index in [1.807, 2.05) is 25.7 Å². The SMILES string of the molecule is CC1N(C(=O)OC(C)(C)C)CC12CC2. The lowest BCUT2D eigenvalue weighted by Gasteiger charge is -2.47. The highest BCUT2D eigenvalue weighted by molar-refractivity contribution is 5.70. The fraction of sp³-hybridized carbons (Fsp3) is 0.909. The molecule has 3 nitrogen and oxygen atoms in total. The normalized spacial score (nSPS) is 28.6. The van der Waals surface area contributed by atoms with Gasteiger partial charge < -0.3 is 9.64 Å². The lowest BCUT2D eigenvalue weighted by molar-refractivity contribution is -0.0332. The zero-order valence-corrected chi connectivity index (χ0v) is 9.46. The van der Waals surface area contributed by atoms with Crippen molar-refractivity contribution in [2.75, 3.05) is 6.54 Å². The monoisotopic (exact) mass is 197 g/mol. The highest BCUT2D eigenvalue weighted by atomic mass is 16.6. The standard InChI is InChI=1S/C11H19NO2/c1-8-11(5-6-11)7-12(8)9(13)14-10(2,3)4/h8H,5-7H2,1-4H3. The van der Waals surface area contributed by atoms with Crippen LogP contribution in [0, 0.1) is 5.41 Å². The third-order valence-electron chi connectivity index (χ3n) is 3.36. The zero-order chi connectivity index (χ0) is 10.6. The Labute approximate surface area is 85.4 Å². The molecule has 0 aromatic heterocycles. The van der Waals surface area contributed by atoms with E-state index in [2.05, 4.69) is 6.92 Å². The minimum atomic E-state index is -0.372. The second-order valence-corrected chi connectivity index (χ2v) is 5.65. The first kappa shape index (κ1) is 9.81. The van der Waals surface area contributed by atoms with Crippen LogP contribution in [0.3, 0.4) is 0 Å². The second kappa shape index (κ2) is 2.65.